The van der Waals surface area contributed by atoms with Crippen molar-refractivity contribution >= 4 is 11.4 Å². The maximum absolute atomic E-state index is 10.5. The number of rotatable bonds is 2. The lowest BCUT2D eigenvalue weighted by Gasteiger charge is -1.99. The Morgan fingerprint density at radius 3 is 2.75 bits per heavy atom. The molecule has 0 saturated carbocycles. The monoisotopic (exact) mass is 166 g/mol. The van der Waals surface area contributed by atoms with Gasteiger partial charge in [-0.2, -0.15) is 0 Å². The van der Waals surface area contributed by atoms with Crippen molar-refractivity contribution in [2.24, 2.45) is 0 Å². The second kappa shape index (κ2) is 3.21. The standard InChI is InChI=1S/C8H10N2O2/c1-2-6-3-4-7(9)5-8(6)10(11)12/h3-5H,2,9H2,1H3. The molecule has 0 heterocycles. The van der Waals surface area contributed by atoms with Gasteiger partial charge in [0.2, 0.25) is 0 Å². The van der Waals surface area contributed by atoms with Crippen molar-refractivity contribution in [3.8, 4) is 0 Å². The minimum Gasteiger partial charge on any atom is -0.399 e. The summed E-state index contributed by atoms with van der Waals surface area (Å²) in [5, 5.41) is 10.5. The van der Waals surface area contributed by atoms with E-state index in [1.54, 1.807) is 12.1 Å². The van der Waals surface area contributed by atoms with E-state index in [4.69, 9.17) is 5.73 Å². The zero-order valence-electron chi connectivity index (χ0n) is 6.78. The second-order valence-corrected chi connectivity index (χ2v) is 2.50. The van der Waals surface area contributed by atoms with Crippen molar-refractivity contribution in [1.29, 1.82) is 0 Å². The van der Waals surface area contributed by atoms with Crippen molar-refractivity contribution in [2.45, 2.75) is 13.3 Å². The molecule has 0 atom stereocenters. The van der Waals surface area contributed by atoms with E-state index < -0.39 is 4.92 Å². The molecular formula is C8H10N2O2. The Hall–Kier alpha value is -1.58. The molecule has 2 N–H and O–H groups in total. The molecule has 0 fully saturated rings. The van der Waals surface area contributed by atoms with Crippen molar-refractivity contribution in [3.63, 3.8) is 0 Å². The summed E-state index contributed by atoms with van der Waals surface area (Å²) in [6, 6.07) is 4.75. The van der Waals surface area contributed by atoms with Crippen LogP contribution < -0.4 is 5.73 Å². The van der Waals surface area contributed by atoms with Crippen molar-refractivity contribution in [3.05, 3.63) is 33.9 Å². The van der Waals surface area contributed by atoms with Crippen molar-refractivity contribution < 1.29 is 4.92 Å². The van der Waals surface area contributed by atoms with Gasteiger partial charge in [0.15, 0.2) is 0 Å². The van der Waals surface area contributed by atoms with Gasteiger partial charge in [0.25, 0.3) is 5.69 Å². The summed E-state index contributed by atoms with van der Waals surface area (Å²) in [5.41, 5.74) is 6.67. The third-order valence-corrected chi connectivity index (χ3v) is 1.69. The van der Waals surface area contributed by atoms with E-state index in [0.29, 0.717) is 17.7 Å². The lowest BCUT2D eigenvalue weighted by atomic mass is 10.1. The number of aryl methyl sites for hydroxylation is 1. The van der Waals surface area contributed by atoms with Crippen LogP contribution in [0, 0.1) is 10.1 Å². The summed E-state index contributed by atoms with van der Waals surface area (Å²) in [7, 11) is 0. The summed E-state index contributed by atoms with van der Waals surface area (Å²) in [6.07, 6.45) is 0.649. The Kier molecular flexibility index (Phi) is 2.28. The Morgan fingerprint density at radius 1 is 1.58 bits per heavy atom. The molecule has 0 bridgehead atoms. The third-order valence-electron chi connectivity index (χ3n) is 1.69. The van der Waals surface area contributed by atoms with Gasteiger partial charge in [0, 0.05) is 17.3 Å². The fraction of sp³-hybridized carbons (Fsp3) is 0.250. The van der Waals surface area contributed by atoms with Crippen LogP contribution in [0.1, 0.15) is 12.5 Å². The van der Waals surface area contributed by atoms with Gasteiger partial charge in [0.1, 0.15) is 0 Å². The number of hydrogen-bond donors (Lipinski definition) is 1. The molecule has 1 rings (SSSR count). The fourth-order valence-electron chi connectivity index (χ4n) is 1.05. The van der Waals surface area contributed by atoms with Gasteiger partial charge in [0.05, 0.1) is 4.92 Å². The van der Waals surface area contributed by atoms with E-state index >= 15 is 0 Å². The predicted octanol–water partition coefficient (Wildman–Crippen LogP) is 1.74. The van der Waals surface area contributed by atoms with Gasteiger partial charge in [-0.1, -0.05) is 13.0 Å². The maximum atomic E-state index is 10.5. The molecule has 0 saturated heterocycles. The van der Waals surface area contributed by atoms with Crippen molar-refractivity contribution in [1.82, 2.24) is 0 Å². The molecule has 0 unspecified atom stereocenters. The Labute approximate surface area is 70.2 Å². The summed E-state index contributed by atoms with van der Waals surface area (Å²) >= 11 is 0. The molecule has 0 aromatic heterocycles. The molecule has 0 aliphatic heterocycles. The van der Waals surface area contributed by atoms with Crippen LogP contribution in [-0.4, -0.2) is 4.92 Å². The first-order valence-electron chi connectivity index (χ1n) is 3.68. The summed E-state index contributed by atoms with van der Waals surface area (Å²) in [6.45, 7) is 1.87. The van der Waals surface area contributed by atoms with Crippen LogP contribution in [0.2, 0.25) is 0 Å². The van der Waals surface area contributed by atoms with Crippen molar-refractivity contribution in [2.75, 3.05) is 5.73 Å². The molecule has 12 heavy (non-hydrogen) atoms. The number of nitro groups is 1. The summed E-state index contributed by atoms with van der Waals surface area (Å²) < 4.78 is 0. The molecule has 0 aliphatic rings. The van der Waals surface area contributed by atoms with Gasteiger partial charge in [-0.05, 0) is 12.5 Å². The number of nitro benzene ring substituents is 1. The van der Waals surface area contributed by atoms with Gasteiger partial charge in [-0.15, -0.1) is 0 Å². The van der Waals surface area contributed by atoms with Gasteiger partial charge < -0.3 is 5.73 Å². The quantitative estimate of drug-likeness (QED) is 0.413. The van der Waals surface area contributed by atoms with Crippen LogP contribution in [0.25, 0.3) is 0 Å². The van der Waals surface area contributed by atoms with Gasteiger partial charge in [-0.25, -0.2) is 0 Å². The normalized spacial score (nSPS) is 9.75. The molecule has 1 aromatic carbocycles. The van der Waals surface area contributed by atoms with Gasteiger partial charge in [-0.3, -0.25) is 10.1 Å². The number of benzene rings is 1. The van der Waals surface area contributed by atoms with E-state index in [-0.39, 0.29) is 5.69 Å². The predicted molar refractivity (Wildman–Crippen MR) is 46.9 cm³/mol. The highest BCUT2D eigenvalue weighted by atomic mass is 16.6. The molecule has 0 spiro atoms. The Balaban J connectivity index is 3.21. The molecule has 0 amide bonds. The van der Waals surface area contributed by atoms with Crippen LogP contribution in [0.3, 0.4) is 0 Å². The average molecular weight is 166 g/mol. The number of nitrogens with zero attached hydrogens (tertiary/aromatic N) is 1. The van der Waals surface area contributed by atoms with Crippen LogP contribution in [0.15, 0.2) is 18.2 Å². The first-order chi connectivity index (χ1) is 5.65. The van der Waals surface area contributed by atoms with Crippen LogP contribution in [0.4, 0.5) is 11.4 Å². The number of anilines is 1. The Morgan fingerprint density at radius 2 is 2.25 bits per heavy atom. The lowest BCUT2D eigenvalue weighted by molar-refractivity contribution is -0.385. The molecule has 1 aromatic rings. The molecule has 0 aliphatic carbocycles. The van der Waals surface area contributed by atoms with Crippen LogP contribution in [0.5, 0.6) is 0 Å². The first kappa shape index (κ1) is 8.52. The molecular weight excluding hydrogens is 156 g/mol. The van der Waals surface area contributed by atoms with Crippen LogP contribution >= 0.6 is 0 Å². The highest BCUT2D eigenvalue weighted by Gasteiger charge is 2.11. The third kappa shape index (κ3) is 1.53. The van der Waals surface area contributed by atoms with E-state index in [9.17, 15) is 10.1 Å². The minimum atomic E-state index is -0.408. The molecule has 64 valence electrons. The highest BCUT2D eigenvalue weighted by Crippen LogP contribution is 2.21. The molecule has 0 radical (unpaired) electrons. The van der Waals surface area contributed by atoms with E-state index in [1.165, 1.54) is 6.07 Å². The zero-order chi connectivity index (χ0) is 9.14. The summed E-state index contributed by atoms with van der Waals surface area (Å²) in [4.78, 5) is 10.1. The SMILES string of the molecule is CCc1ccc(N)cc1[N+](=O)[O-]. The van der Waals surface area contributed by atoms with Crippen LogP contribution in [-0.2, 0) is 6.42 Å². The lowest BCUT2D eigenvalue weighted by Crippen LogP contribution is -1.95. The van der Waals surface area contributed by atoms with E-state index in [0.717, 1.165) is 0 Å². The highest BCUT2D eigenvalue weighted by molar-refractivity contribution is 5.52. The number of nitrogen functional groups attached to an aromatic ring is 1. The Bertz CT molecular complexity index is 310. The van der Waals surface area contributed by atoms with Gasteiger partial charge >= 0.3 is 0 Å². The maximum Gasteiger partial charge on any atom is 0.274 e. The first-order valence-corrected chi connectivity index (χ1v) is 3.68. The summed E-state index contributed by atoms with van der Waals surface area (Å²) in [5.74, 6) is 0. The number of hydrogen-bond acceptors (Lipinski definition) is 3. The number of nitrogens with two attached hydrogens (primary N) is 1. The van der Waals surface area contributed by atoms with E-state index in [1.807, 2.05) is 6.92 Å². The zero-order valence-corrected chi connectivity index (χ0v) is 6.78. The molecule has 4 nitrogen and oxygen atoms in total. The second-order valence-electron chi connectivity index (χ2n) is 2.50. The molecule has 4 heteroatoms. The largest absolute Gasteiger partial charge is 0.399 e. The van der Waals surface area contributed by atoms with E-state index in [2.05, 4.69) is 0 Å². The average Bonchev–Trinajstić information content (AvgIpc) is 2.04. The minimum absolute atomic E-state index is 0.109. The topological polar surface area (TPSA) is 69.2 Å². The smallest absolute Gasteiger partial charge is 0.274 e. The fourth-order valence-corrected chi connectivity index (χ4v) is 1.05.